The Bertz CT molecular complexity index is 300. The van der Waals surface area contributed by atoms with Gasteiger partial charge >= 0.3 is 0 Å². The summed E-state index contributed by atoms with van der Waals surface area (Å²) in [4.78, 5) is 35.3. The van der Waals surface area contributed by atoms with Gasteiger partial charge in [0.15, 0.2) is 0 Å². The minimum absolute atomic E-state index is 0.0582. The first-order valence-corrected chi connectivity index (χ1v) is 5.43. The summed E-state index contributed by atoms with van der Waals surface area (Å²) in [6.45, 7) is 5.17. The van der Waals surface area contributed by atoms with Gasteiger partial charge in [0.2, 0.25) is 17.7 Å². The molecule has 0 saturated carbocycles. The Balaban J connectivity index is 2.37. The highest BCUT2D eigenvalue weighted by atomic mass is 16.2. The highest BCUT2D eigenvalue weighted by molar-refractivity contribution is 6.05. The van der Waals surface area contributed by atoms with Crippen LogP contribution in [0.2, 0.25) is 0 Å². The number of likely N-dealkylation sites (N-methyl/N-ethyl adjacent to an activating group) is 1. The van der Waals surface area contributed by atoms with Gasteiger partial charge in [-0.1, -0.05) is 0 Å². The lowest BCUT2D eigenvalue weighted by atomic mass is 10.2. The van der Waals surface area contributed by atoms with E-state index in [1.807, 2.05) is 13.8 Å². The van der Waals surface area contributed by atoms with Crippen LogP contribution in [0.3, 0.4) is 0 Å². The number of carbonyl (C=O) groups excluding carboxylic acids is 3. The van der Waals surface area contributed by atoms with Gasteiger partial charge < -0.3 is 4.90 Å². The molecule has 3 amide bonds. The number of hydrogen-bond acceptors (Lipinski definition) is 4. The third-order valence-corrected chi connectivity index (χ3v) is 2.58. The van der Waals surface area contributed by atoms with Crippen molar-refractivity contribution < 1.29 is 14.4 Å². The molecule has 1 unspecified atom stereocenters. The molecular weight excluding hydrogens is 210 g/mol. The Kier molecular flexibility index (Phi) is 4.42. The van der Waals surface area contributed by atoms with Gasteiger partial charge in [0.25, 0.3) is 0 Å². The summed E-state index contributed by atoms with van der Waals surface area (Å²) < 4.78 is 0. The van der Waals surface area contributed by atoms with Crippen molar-refractivity contribution in [3.8, 4) is 0 Å². The second kappa shape index (κ2) is 5.60. The number of hydrogen-bond donors (Lipinski definition) is 2. The molecule has 1 fully saturated rings. The smallest absolute Gasteiger partial charge is 0.244 e. The summed E-state index contributed by atoms with van der Waals surface area (Å²) >= 11 is 0. The normalized spacial score (nSPS) is 19.8. The molecule has 2 N–H and O–H groups in total. The molecule has 0 spiro atoms. The van der Waals surface area contributed by atoms with Crippen molar-refractivity contribution in [2.45, 2.75) is 26.3 Å². The van der Waals surface area contributed by atoms with Gasteiger partial charge in [-0.2, -0.15) is 0 Å². The summed E-state index contributed by atoms with van der Waals surface area (Å²) in [5, 5.41) is 4.97. The molecule has 1 rings (SSSR count). The van der Waals surface area contributed by atoms with Crippen molar-refractivity contribution in [2.75, 3.05) is 19.6 Å². The van der Waals surface area contributed by atoms with E-state index in [-0.39, 0.29) is 30.7 Å². The van der Waals surface area contributed by atoms with Crippen LogP contribution in [0.25, 0.3) is 0 Å². The SMILES string of the molecule is CCN(CC)C(=O)CNC1CC(=O)NC1=O. The third kappa shape index (κ3) is 3.03. The van der Waals surface area contributed by atoms with E-state index in [1.165, 1.54) is 0 Å². The lowest BCUT2D eigenvalue weighted by Gasteiger charge is -2.19. The molecule has 1 heterocycles. The van der Waals surface area contributed by atoms with Crippen molar-refractivity contribution in [2.24, 2.45) is 0 Å². The van der Waals surface area contributed by atoms with E-state index in [1.54, 1.807) is 4.90 Å². The zero-order valence-corrected chi connectivity index (χ0v) is 9.58. The highest BCUT2D eigenvalue weighted by Crippen LogP contribution is 2.00. The van der Waals surface area contributed by atoms with Crippen molar-refractivity contribution in [3.63, 3.8) is 0 Å². The van der Waals surface area contributed by atoms with Gasteiger partial charge in [0.05, 0.1) is 19.0 Å². The Labute approximate surface area is 94.4 Å². The predicted molar refractivity (Wildman–Crippen MR) is 57.5 cm³/mol. The third-order valence-electron chi connectivity index (χ3n) is 2.58. The minimum Gasteiger partial charge on any atom is -0.342 e. The molecule has 0 radical (unpaired) electrons. The van der Waals surface area contributed by atoms with Gasteiger partial charge in [-0.25, -0.2) is 0 Å². The Morgan fingerprint density at radius 2 is 2.06 bits per heavy atom. The number of nitrogens with zero attached hydrogens (tertiary/aromatic N) is 1. The maximum absolute atomic E-state index is 11.6. The molecule has 0 aromatic rings. The Hall–Kier alpha value is -1.43. The van der Waals surface area contributed by atoms with Gasteiger partial charge in [0.1, 0.15) is 0 Å². The van der Waals surface area contributed by atoms with E-state index in [2.05, 4.69) is 10.6 Å². The first-order valence-electron chi connectivity index (χ1n) is 5.43. The summed E-state index contributed by atoms with van der Waals surface area (Å²) in [5.41, 5.74) is 0. The van der Waals surface area contributed by atoms with E-state index in [9.17, 15) is 14.4 Å². The van der Waals surface area contributed by atoms with Crippen LogP contribution < -0.4 is 10.6 Å². The molecule has 90 valence electrons. The standard InChI is InChI=1S/C10H17N3O3/c1-3-13(4-2)9(15)6-11-7-5-8(14)12-10(7)16/h7,11H,3-6H2,1-2H3,(H,12,14,16). The second-order valence-electron chi connectivity index (χ2n) is 3.62. The summed E-state index contributed by atoms with van der Waals surface area (Å²) in [7, 11) is 0. The number of imide groups is 1. The lowest BCUT2D eigenvalue weighted by molar-refractivity contribution is -0.130. The van der Waals surface area contributed by atoms with Gasteiger partial charge in [-0.3, -0.25) is 25.0 Å². The number of rotatable bonds is 5. The van der Waals surface area contributed by atoms with Crippen LogP contribution in [0.4, 0.5) is 0 Å². The average molecular weight is 227 g/mol. The first-order chi connectivity index (χ1) is 7.58. The van der Waals surface area contributed by atoms with Crippen molar-refractivity contribution in [1.29, 1.82) is 0 Å². The Morgan fingerprint density at radius 3 is 2.50 bits per heavy atom. The van der Waals surface area contributed by atoms with Crippen molar-refractivity contribution in [1.82, 2.24) is 15.5 Å². The van der Waals surface area contributed by atoms with Gasteiger partial charge in [0, 0.05) is 13.1 Å². The van der Waals surface area contributed by atoms with E-state index >= 15 is 0 Å². The molecule has 6 heteroatoms. The fourth-order valence-electron chi connectivity index (χ4n) is 1.62. The number of nitrogens with one attached hydrogen (secondary N) is 2. The van der Waals surface area contributed by atoms with Crippen molar-refractivity contribution in [3.05, 3.63) is 0 Å². The van der Waals surface area contributed by atoms with E-state index < -0.39 is 6.04 Å². The highest BCUT2D eigenvalue weighted by Gasteiger charge is 2.30. The number of amides is 3. The van der Waals surface area contributed by atoms with Gasteiger partial charge in [-0.15, -0.1) is 0 Å². The van der Waals surface area contributed by atoms with E-state index in [4.69, 9.17) is 0 Å². The van der Waals surface area contributed by atoms with Crippen LogP contribution >= 0.6 is 0 Å². The molecule has 1 aliphatic rings. The fraction of sp³-hybridized carbons (Fsp3) is 0.700. The quantitative estimate of drug-likeness (QED) is 0.582. The topological polar surface area (TPSA) is 78.5 Å². The van der Waals surface area contributed by atoms with Crippen LogP contribution in [0.15, 0.2) is 0 Å². The molecule has 0 aromatic heterocycles. The second-order valence-corrected chi connectivity index (χ2v) is 3.62. The summed E-state index contributed by atoms with van der Waals surface area (Å²) in [6, 6.07) is -0.563. The maximum atomic E-state index is 11.6. The number of carbonyl (C=O) groups is 3. The average Bonchev–Trinajstić information content (AvgIpc) is 2.56. The Morgan fingerprint density at radius 1 is 1.44 bits per heavy atom. The van der Waals surface area contributed by atoms with E-state index in [0.29, 0.717) is 13.1 Å². The molecule has 0 aromatic carbocycles. The largest absolute Gasteiger partial charge is 0.342 e. The molecule has 1 atom stereocenters. The summed E-state index contributed by atoms with van der Waals surface area (Å²) in [6.07, 6.45) is 0.115. The van der Waals surface area contributed by atoms with Crippen molar-refractivity contribution >= 4 is 17.7 Å². The van der Waals surface area contributed by atoms with Crippen LogP contribution in [0, 0.1) is 0 Å². The van der Waals surface area contributed by atoms with Crippen LogP contribution in [0.1, 0.15) is 20.3 Å². The van der Waals surface area contributed by atoms with Crippen LogP contribution in [-0.2, 0) is 14.4 Å². The molecule has 1 saturated heterocycles. The monoisotopic (exact) mass is 227 g/mol. The predicted octanol–water partition coefficient (Wildman–Crippen LogP) is -1.14. The lowest BCUT2D eigenvalue weighted by Crippen LogP contribution is -2.44. The van der Waals surface area contributed by atoms with E-state index in [0.717, 1.165) is 0 Å². The van der Waals surface area contributed by atoms with Crippen LogP contribution in [-0.4, -0.2) is 48.3 Å². The first kappa shape index (κ1) is 12.6. The molecular formula is C10H17N3O3. The zero-order valence-electron chi connectivity index (χ0n) is 9.58. The zero-order chi connectivity index (χ0) is 12.1. The molecule has 0 bridgehead atoms. The maximum Gasteiger partial charge on any atom is 0.244 e. The minimum atomic E-state index is -0.563. The summed E-state index contributed by atoms with van der Waals surface area (Å²) in [5.74, 6) is -0.702. The van der Waals surface area contributed by atoms with Gasteiger partial charge in [-0.05, 0) is 13.8 Å². The molecule has 16 heavy (non-hydrogen) atoms. The fourth-order valence-corrected chi connectivity index (χ4v) is 1.62. The molecule has 1 aliphatic heterocycles. The van der Waals surface area contributed by atoms with Crippen LogP contribution in [0.5, 0.6) is 0 Å². The molecule has 6 nitrogen and oxygen atoms in total. The molecule has 0 aliphatic carbocycles.